The second-order valence-corrected chi connectivity index (χ2v) is 6.08. The Morgan fingerprint density at radius 2 is 2.05 bits per heavy atom. The van der Waals surface area contributed by atoms with Gasteiger partial charge < -0.3 is 15.2 Å². The highest BCUT2D eigenvalue weighted by Crippen LogP contribution is 2.27. The summed E-state index contributed by atoms with van der Waals surface area (Å²) in [5.41, 5.74) is -0.0769. The summed E-state index contributed by atoms with van der Waals surface area (Å²) in [7, 11) is 1.77. The van der Waals surface area contributed by atoms with Gasteiger partial charge in [-0.05, 0) is 51.6 Å². The number of aliphatic hydroxyl groups excluding tert-OH is 1. The Labute approximate surface area is 124 Å². The summed E-state index contributed by atoms with van der Waals surface area (Å²) >= 11 is 0. The number of nitrogens with one attached hydrogen (secondary N) is 1. The molecular weight excluding hydrogens is 252 g/mol. The number of nitrogens with zero attached hydrogens (tertiary/aromatic N) is 1. The van der Waals surface area contributed by atoms with E-state index < -0.39 is 0 Å². The second-order valence-electron chi connectivity index (χ2n) is 6.08. The van der Waals surface area contributed by atoms with Crippen molar-refractivity contribution < 1.29 is 9.84 Å². The molecule has 0 aromatic rings. The quantitative estimate of drug-likeness (QED) is 0.544. The molecule has 0 bridgehead atoms. The van der Waals surface area contributed by atoms with Gasteiger partial charge >= 0.3 is 0 Å². The third-order valence-electron chi connectivity index (χ3n) is 4.48. The Hall–Kier alpha value is -0.160. The highest BCUT2D eigenvalue weighted by Gasteiger charge is 2.30. The van der Waals surface area contributed by atoms with Crippen LogP contribution in [0.2, 0.25) is 0 Å². The van der Waals surface area contributed by atoms with E-state index in [9.17, 15) is 5.11 Å². The van der Waals surface area contributed by atoms with Crippen LogP contribution in [0.15, 0.2) is 0 Å². The number of hydrogen-bond acceptors (Lipinski definition) is 4. The van der Waals surface area contributed by atoms with Gasteiger partial charge in [0.2, 0.25) is 0 Å². The highest BCUT2D eigenvalue weighted by atomic mass is 16.5. The molecule has 0 spiro atoms. The molecule has 1 unspecified atom stereocenters. The lowest BCUT2D eigenvalue weighted by atomic mass is 9.91. The predicted octanol–water partition coefficient (Wildman–Crippen LogP) is 2.02. The summed E-state index contributed by atoms with van der Waals surface area (Å²) in [4.78, 5) is 2.56. The van der Waals surface area contributed by atoms with Crippen molar-refractivity contribution in [1.82, 2.24) is 10.2 Å². The lowest BCUT2D eigenvalue weighted by molar-refractivity contribution is 0.123. The average molecular weight is 286 g/mol. The van der Waals surface area contributed by atoms with E-state index in [2.05, 4.69) is 24.1 Å². The summed E-state index contributed by atoms with van der Waals surface area (Å²) in [5, 5.41) is 13.3. The number of hydrogen-bond donors (Lipinski definition) is 2. The first kappa shape index (κ1) is 17.9. The van der Waals surface area contributed by atoms with E-state index in [1.54, 1.807) is 7.11 Å². The van der Waals surface area contributed by atoms with Gasteiger partial charge in [0.15, 0.2) is 0 Å². The van der Waals surface area contributed by atoms with E-state index in [4.69, 9.17) is 4.74 Å². The standard InChI is InChI=1S/C16H34N2O2/c1-4-10-17-16(5-2,14-19)9-6-11-18(12-13-20-3)15-7-8-15/h15,17,19H,4-14H2,1-3H3. The molecule has 0 saturated heterocycles. The van der Waals surface area contributed by atoms with Crippen LogP contribution in [0.4, 0.5) is 0 Å². The zero-order valence-corrected chi connectivity index (χ0v) is 13.7. The maximum absolute atomic E-state index is 9.74. The lowest BCUT2D eigenvalue weighted by Crippen LogP contribution is -2.48. The van der Waals surface area contributed by atoms with Gasteiger partial charge in [0.1, 0.15) is 0 Å². The van der Waals surface area contributed by atoms with Gasteiger partial charge in [-0.25, -0.2) is 0 Å². The predicted molar refractivity (Wildman–Crippen MR) is 84.1 cm³/mol. The number of aliphatic hydroxyl groups is 1. The summed E-state index contributed by atoms with van der Waals surface area (Å²) in [6.45, 7) is 8.57. The number of methoxy groups -OCH3 is 1. The molecule has 1 aliphatic rings. The van der Waals surface area contributed by atoms with Crippen LogP contribution in [0.3, 0.4) is 0 Å². The van der Waals surface area contributed by atoms with Crippen LogP contribution in [0.5, 0.6) is 0 Å². The van der Waals surface area contributed by atoms with E-state index in [0.717, 1.165) is 58.0 Å². The van der Waals surface area contributed by atoms with E-state index >= 15 is 0 Å². The molecule has 1 aliphatic carbocycles. The second kappa shape index (κ2) is 9.72. The van der Waals surface area contributed by atoms with Crippen LogP contribution in [0.1, 0.15) is 52.4 Å². The lowest BCUT2D eigenvalue weighted by Gasteiger charge is -2.33. The molecule has 0 aliphatic heterocycles. The number of rotatable bonds is 13. The van der Waals surface area contributed by atoms with Crippen molar-refractivity contribution in [2.24, 2.45) is 0 Å². The molecule has 4 heteroatoms. The minimum atomic E-state index is -0.0769. The first-order valence-electron chi connectivity index (χ1n) is 8.30. The monoisotopic (exact) mass is 286 g/mol. The van der Waals surface area contributed by atoms with E-state index in [1.165, 1.54) is 12.8 Å². The Bertz CT molecular complexity index is 241. The van der Waals surface area contributed by atoms with Crippen molar-refractivity contribution in [2.45, 2.75) is 64.0 Å². The van der Waals surface area contributed by atoms with Crippen LogP contribution in [0, 0.1) is 0 Å². The molecule has 0 amide bonds. The Morgan fingerprint density at radius 3 is 2.55 bits per heavy atom. The van der Waals surface area contributed by atoms with E-state index in [-0.39, 0.29) is 12.1 Å². The number of ether oxygens (including phenoxy) is 1. The van der Waals surface area contributed by atoms with E-state index in [0.29, 0.717) is 0 Å². The summed E-state index contributed by atoms with van der Waals surface area (Å²) in [6, 6.07) is 0.791. The Morgan fingerprint density at radius 1 is 1.30 bits per heavy atom. The molecule has 1 atom stereocenters. The Balaban J connectivity index is 2.33. The molecule has 1 saturated carbocycles. The van der Waals surface area contributed by atoms with Crippen molar-refractivity contribution in [3.8, 4) is 0 Å². The largest absolute Gasteiger partial charge is 0.394 e. The first-order valence-corrected chi connectivity index (χ1v) is 8.30. The molecule has 0 radical (unpaired) electrons. The normalized spacial score (nSPS) is 18.4. The SMILES string of the molecule is CCCNC(CC)(CO)CCCN(CCOC)C1CC1. The fraction of sp³-hybridized carbons (Fsp3) is 1.00. The minimum absolute atomic E-state index is 0.0769. The molecule has 1 fully saturated rings. The summed E-state index contributed by atoms with van der Waals surface area (Å²) in [5.74, 6) is 0. The van der Waals surface area contributed by atoms with Gasteiger partial charge in [0, 0.05) is 25.2 Å². The van der Waals surface area contributed by atoms with Crippen molar-refractivity contribution in [3.05, 3.63) is 0 Å². The third kappa shape index (κ3) is 6.08. The minimum Gasteiger partial charge on any atom is -0.394 e. The third-order valence-corrected chi connectivity index (χ3v) is 4.48. The maximum atomic E-state index is 9.74. The van der Waals surface area contributed by atoms with Crippen molar-refractivity contribution >= 4 is 0 Å². The molecule has 1 rings (SSSR count). The van der Waals surface area contributed by atoms with Crippen LogP contribution < -0.4 is 5.32 Å². The molecule has 2 N–H and O–H groups in total. The van der Waals surface area contributed by atoms with Crippen molar-refractivity contribution in [3.63, 3.8) is 0 Å². The molecule has 4 nitrogen and oxygen atoms in total. The van der Waals surface area contributed by atoms with Gasteiger partial charge in [-0.2, -0.15) is 0 Å². The zero-order chi connectivity index (χ0) is 14.8. The Kier molecular flexibility index (Phi) is 8.69. The fourth-order valence-electron chi connectivity index (χ4n) is 2.77. The smallest absolute Gasteiger partial charge is 0.0613 e. The molecule has 0 heterocycles. The molecular formula is C16H34N2O2. The van der Waals surface area contributed by atoms with Crippen LogP contribution in [-0.4, -0.2) is 61.5 Å². The van der Waals surface area contributed by atoms with Gasteiger partial charge in [-0.15, -0.1) is 0 Å². The maximum Gasteiger partial charge on any atom is 0.0613 e. The zero-order valence-electron chi connectivity index (χ0n) is 13.7. The first-order chi connectivity index (χ1) is 9.71. The van der Waals surface area contributed by atoms with Gasteiger partial charge in [-0.3, -0.25) is 4.90 Å². The summed E-state index contributed by atoms with van der Waals surface area (Å²) in [6.07, 6.45) is 6.99. The van der Waals surface area contributed by atoms with Gasteiger partial charge in [0.05, 0.1) is 13.2 Å². The molecule has 20 heavy (non-hydrogen) atoms. The topological polar surface area (TPSA) is 44.7 Å². The van der Waals surface area contributed by atoms with Crippen molar-refractivity contribution in [2.75, 3.05) is 40.0 Å². The van der Waals surface area contributed by atoms with Crippen molar-refractivity contribution in [1.29, 1.82) is 0 Å². The molecule has 120 valence electrons. The van der Waals surface area contributed by atoms with Crippen LogP contribution >= 0.6 is 0 Å². The van der Waals surface area contributed by atoms with Gasteiger partial charge in [-0.1, -0.05) is 13.8 Å². The highest BCUT2D eigenvalue weighted by molar-refractivity contribution is 4.88. The van der Waals surface area contributed by atoms with Gasteiger partial charge in [0.25, 0.3) is 0 Å². The summed E-state index contributed by atoms with van der Waals surface area (Å²) < 4.78 is 5.20. The fourth-order valence-corrected chi connectivity index (χ4v) is 2.77. The molecule has 0 aromatic heterocycles. The molecule has 0 aromatic carbocycles. The van der Waals surface area contributed by atoms with Crippen LogP contribution in [0.25, 0.3) is 0 Å². The van der Waals surface area contributed by atoms with E-state index in [1.807, 2.05) is 0 Å². The average Bonchev–Trinajstić information content (AvgIpc) is 3.31. The van der Waals surface area contributed by atoms with Crippen LogP contribution in [-0.2, 0) is 4.74 Å².